The number of aliphatic hydroxyl groups excluding tert-OH is 11. The molecule has 3 aliphatic heterocycles. The number of carbonyl (C=O) groups excluding carboxylic acids is 1. The van der Waals surface area contributed by atoms with Crippen molar-refractivity contribution < 1.29 is 89.4 Å². The molecule has 3 aliphatic rings. The highest BCUT2D eigenvalue weighted by Crippen LogP contribution is 2.33. The smallest absolute Gasteiger partial charge is 0.220 e. The van der Waals surface area contributed by atoms with Crippen molar-refractivity contribution >= 4 is 5.91 Å². The maximum atomic E-state index is 13.2. The summed E-state index contributed by atoms with van der Waals surface area (Å²) in [6, 6.07) is -0.963. The van der Waals surface area contributed by atoms with E-state index in [0.717, 1.165) is 32.1 Å². The van der Waals surface area contributed by atoms with Gasteiger partial charge in [-0.1, -0.05) is 212 Å². The van der Waals surface area contributed by atoms with E-state index >= 15 is 0 Å². The van der Waals surface area contributed by atoms with Crippen LogP contribution in [0.4, 0.5) is 0 Å². The summed E-state index contributed by atoms with van der Waals surface area (Å²) in [6.45, 7) is 1.56. The van der Waals surface area contributed by atoms with E-state index in [9.17, 15) is 61.0 Å². The molecule has 0 aromatic carbocycles. The molecule has 77 heavy (non-hydrogen) atoms. The molecule has 0 radical (unpaired) electrons. The zero-order valence-electron chi connectivity index (χ0n) is 47.2. The minimum atomic E-state index is -1.97. The molecule has 0 aromatic heterocycles. The third kappa shape index (κ3) is 26.5. The van der Waals surface area contributed by atoms with Crippen LogP contribution in [0.15, 0.2) is 12.2 Å². The Labute approximate surface area is 461 Å². The van der Waals surface area contributed by atoms with Crippen LogP contribution < -0.4 is 5.32 Å². The maximum absolute atomic E-state index is 13.2. The van der Waals surface area contributed by atoms with E-state index in [-0.39, 0.29) is 18.9 Å². The molecule has 3 saturated heterocycles. The lowest BCUT2D eigenvalue weighted by Gasteiger charge is -2.48. The molecule has 1 amide bonds. The number of carbonyl (C=O) groups is 1. The molecule has 0 bridgehead atoms. The number of unbranched alkanes of at least 4 members (excludes halogenated alkanes) is 29. The van der Waals surface area contributed by atoms with Gasteiger partial charge in [-0.3, -0.25) is 4.79 Å². The number of hydrogen-bond donors (Lipinski definition) is 12. The van der Waals surface area contributed by atoms with Crippen LogP contribution in [0.3, 0.4) is 0 Å². The van der Waals surface area contributed by atoms with Crippen molar-refractivity contribution in [2.24, 2.45) is 0 Å². The molecule has 3 heterocycles. The molecule has 0 aromatic rings. The number of nitrogens with one attached hydrogen (secondary N) is 1. The average Bonchev–Trinajstić information content (AvgIpc) is 3.45. The Kier molecular flexibility index (Phi) is 38.4. The summed E-state index contributed by atoms with van der Waals surface area (Å²) < 4.78 is 34.0. The summed E-state index contributed by atoms with van der Waals surface area (Å²) in [6.07, 6.45) is 16.1. The number of rotatable bonds is 45. The predicted molar refractivity (Wildman–Crippen MR) is 291 cm³/mol. The summed E-state index contributed by atoms with van der Waals surface area (Å²) in [7, 11) is 0. The minimum Gasteiger partial charge on any atom is -0.394 e. The molecular formula is C58H109NO18. The average molecular weight is 1110 g/mol. The molecule has 454 valence electrons. The molecule has 17 unspecified atom stereocenters. The van der Waals surface area contributed by atoms with Gasteiger partial charge in [-0.2, -0.15) is 0 Å². The zero-order chi connectivity index (χ0) is 56.2. The fraction of sp³-hybridized carbons (Fsp3) is 0.948. The van der Waals surface area contributed by atoms with Gasteiger partial charge in [0.25, 0.3) is 0 Å². The van der Waals surface area contributed by atoms with Gasteiger partial charge >= 0.3 is 0 Å². The van der Waals surface area contributed by atoms with Gasteiger partial charge < -0.3 is 89.9 Å². The molecule has 0 spiro atoms. The molecule has 12 N–H and O–H groups in total. The van der Waals surface area contributed by atoms with Crippen molar-refractivity contribution in [1.82, 2.24) is 5.32 Å². The lowest BCUT2D eigenvalue weighted by molar-refractivity contribution is -0.379. The quantitative estimate of drug-likeness (QED) is 0.0269. The lowest BCUT2D eigenvalue weighted by Crippen LogP contribution is -2.66. The highest BCUT2D eigenvalue weighted by molar-refractivity contribution is 5.76. The van der Waals surface area contributed by atoms with Gasteiger partial charge in [-0.15, -0.1) is 0 Å². The van der Waals surface area contributed by atoms with Gasteiger partial charge in [0.05, 0.1) is 38.6 Å². The normalized spacial score (nSPS) is 30.7. The van der Waals surface area contributed by atoms with Gasteiger partial charge in [-0.05, 0) is 12.8 Å². The van der Waals surface area contributed by atoms with Crippen molar-refractivity contribution in [3.05, 3.63) is 12.2 Å². The highest BCUT2D eigenvalue weighted by atomic mass is 16.8. The van der Waals surface area contributed by atoms with Crippen molar-refractivity contribution in [3.63, 3.8) is 0 Å². The van der Waals surface area contributed by atoms with Crippen LogP contribution in [-0.4, -0.2) is 193 Å². The van der Waals surface area contributed by atoms with Crippen LogP contribution in [-0.2, 0) is 33.2 Å². The van der Waals surface area contributed by atoms with Crippen LogP contribution >= 0.6 is 0 Å². The second-order valence-electron chi connectivity index (χ2n) is 22.2. The van der Waals surface area contributed by atoms with Gasteiger partial charge in [0.2, 0.25) is 5.91 Å². The van der Waals surface area contributed by atoms with Gasteiger partial charge in [0.1, 0.15) is 73.2 Å². The first-order valence-corrected chi connectivity index (χ1v) is 30.4. The van der Waals surface area contributed by atoms with E-state index in [1.165, 1.54) is 154 Å². The standard InChI is InChI=1S/C58H109NO18/c1-3-5-7-9-10-11-12-13-14-15-16-17-18-19-20-21-22-23-24-25-26-27-28-29-30-31-32-34-36-46(64)59-41(42(63)35-33-8-6-4-2)40-72-56-52(70)49(67)54(44(38-61)74-56)77-58-53(71)50(68)55(45(39-62)75-58)76-57-51(69)48(66)47(65)43(37-60)73-57/h33,35,41-45,47-58,60-63,65-71H,3-32,34,36-40H2,1-2H3,(H,59,64)/b35-33+. The lowest BCUT2D eigenvalue weighted by atomic mass is 9.96. The molecule has 3 fully saturated rings. The highest BCUT2D eigenvalue weighted by Gasteiger charge is 2.53. The number of ether oxygens (including phenoxy) is 6. The van der Waals surface area contributed by atoms with Gasteiger partial charge in [-0.25, -0.2) is 0 Å². The van der Waals surface area contributed by atoms with Crippen LogP contribution in [0.5, 0.6) is 0 Å². The van der Waals surface area contributed by atoms with Crippen LogP contribution in [0.25, 0.3) is 0 Å². The van der Waals surface area contributed by atoms with Gasteiger partial charge in [0.15, 0.2) is 18.9 Å². The van der Waals surface area contributed by atoms with Crippen molar-refractivity contribution in [3.8, 4) is 0 Å². The minimum absolute atomic E-state index is 0.247. The van der Waals surface area contributed by atoms with Crippen molar-refractivity contribution in [2.75, 3.05) is 26.4 Å². The van der Waals surface area contributed by atoms with E-state index in [1.807, 2.05) is 13.0 Å². The van der Waals surface area contributed by atoms with E-state index in [2.05, 4.69) is 12.2 Å². The molecule has 17 atom stereocenters. The Bertz CT molecular complexity index is 1460. The third-order valence-corrected chi connectivity index (χ3v) is 15.6. The third-order valence-electron chi connectivity index (χ3n) is 15.6. The first kappa shape index (κ1) is 69.8. The van der Waals surface area contributed by atoms with Crippen LogP contribution in [0.1, 0.15) is 219 Å². The molecule has 0 aliphatic carbocycles. The predicted octanol–water partition coefficient (Wildman–Crippen LogP) is 5.38. The molecule has 3 rings (SSSR count). The maximum Gasteiger partial charge on any atom is 0.220 e. The fourth-order valence-corrected chi connectivity index (χ4v) is 10.5. The second-order valence-corrected chi connectivity index (χ2v) is 22.2. The van der Waals surface area contributed by atoms with E-state index < -0.39 is 124 Å². The molecular weight excluding hydrogens is 999 g/mol. The van der Waals surface area contributed by atoms with E-state index in [1.54, 1.807) is 6.08 Å². The summed E-state index contributed by atoms with van der Waals surface area (Å²) in [5.74, 6) is -0.281. The van der Waals surface area contributed by atoms with Crippen molar-refractivity contribution in [1.29, 1.82) is 0 Å². The van der Waals surface area contributed by atoms with Crippen LogP contribution in [0, 0.1) is 0 Å². The number of amides is 1. The Morgan fingerprint density at radius 1 is 0.455 bits per heavy atom. The monoisotopic (exact) mass is 1110 g/mol. The van der Waals surface area contributed by atoms with Crippen molar-refractivity contribution in [2.45, 2.75) is 324 Å². The second kappa shape index (κ2) is 42.4. The SMILES string of the molecule is CCCC/C=C/C(O)C(COC1OC(CO)C(OC2OC(CO)C(OC3OC(CO)C(O)C(O)C3O)C(O)C2O)C(O)C1O)NC(=O)CCCCCCCCCCCCCCCCCCCCCCCCCCCCCC. The fourth-order valence-electron chi connectivity index (χ4n) is 10.5. The number of hydrogen-bond acceptors (Lipinski definition) is 18. The largest absolute Gasteiger partial charge is 0.394 e. The molecule has 19 heteroatoms. The van der Waals surface area contributed by atoms with E-state index in [4.69, 9.17) is 28.4 Å². The van der Waals surface area contributed by atoms with Gasteiger partial charge in [0, 0.05) is 6.42 Å². The Morgan fingerprint density at radius 3 is 1.21 bits per heavy atom. The Balaban J connectivity index is 1.31. The summed E-state index contributed by atoms with van der Waals surface area (Å²) in [5, 5.41) is 119. The Hall–Kier alpha value is -1.47. The Morgan fingerprint density at radius 2 is 0.805 bits per heavy atom. The first-order chi connectivity index (χ1) is 37.3. The topological polar surface area (TPSA) is 307 Å². The molecule has 0 saturated carbocycles. The molecule has 19 nitrogen and oxygen atoms in total. The first-order valence-electron chi connectivity index (χ1n) is 30.4. The summed E-state index contributed by atoms with van der Waals surface area (Å²) >= 11 is 0. The summed E-state index contributed by atoms with van der Waals surface area (Å²) in [5.41, 5.74) is 0. The summed E-state index contributed by atoms with van der Waals surface area (Å²) in [4.78, 5) is 13.2. The number of aliphatic hydroxyl groups is 11. The van der Waals surface area contributed by atoms with Crippen LogP contribution in [0.2, 0.25) is 0 Å². The number of allylic oxidation sites excluding steroid dienone is 1. The zero-order valence-corrected chi connectivity index (χ0v) is 47.2. The van der Waals surface area contributed by atoms with E-state index in [0.29, 0.717) is 12.8 Å².